The molecule has 6 heteroatoms. The van der Waals surface area contributed by atoms with Crippen LogP contribution in [0.2, 0.25) is 0 Å². The Morgan fingerprint density at radius 1 is 1.21 bits per heavy atom. The summed E-state index contributed by atoms with van der Waals surface area (Å²) in [6.45, 7) is 0.792. The lowest BCUT2D eigenvalue weighted by Crippen LogP contribution is -2.44. The lowest BCUT2D eigenvalue weighted by Gasteiger charge is -2.33. The van der Waals surface area contributed by atoms with E-state index in [1.807, 2.05) is 0 Å². The van der Waals surface area contributed by atoms with Gasteiger partial charge in [0.15, 0.2) is 6.61 Å². The van der Waals surface area contributed by atoms with Gasteiger partial charge in [-0.25, -0.2) is 8.78 Å². The Morgan fingerprint density at radius 3 is 2.83 bits per heavy atom. The molecule has 1 fully saturated rings. The second-order valence-corrected chi connectivity index (χ2v) is 5.47. The number of rotatable bonds is 4. The Morgan fingerprint density at radius 2 is 2.04 bits per heavy atom. The van der Waals surface area contributed by atoms with E-state index in [9.17, 15) is 13.6 Å². The van der Waals surface area contributed by atoms with E-state index in [0.29, 0.717) is 24.5 Å². The number of amides is 1. The number of carbonyl (C=O) groups is 1. The molecule has 0 spiro atoms. The highest BCUT2D eigenvalue weighted by molar-refractivity contribution is 5.78. The summed E-state index contributed by atoms with van der Waals surface area (Å²) in [5.74, 6) is -0.732. The molecule has 1 saturated heterocycles. The fourth-order valence-electron chi connectivity index (χ4n) is 2.59. The van der Waals surface area contributed by atoms with Gasteiger partial charge in [-0.3, -0.25) is 4.79 Å². The largest absolute Gasteiger partial charge is 0.484 e. The lowest BCUT2D eigenvalue weighted by atomic mass is 10.1. The van der Waals surface area contributed by atoms with Crippen LogP contribution in [0.3, 0.4) is 0 Å². The van der Waals surface area contributed by atoms with Crippen LogP contribution in [0.1, 0.15) is 11.7 Å². The molecule has 0 bridgehead atoms. The highest BCUT2D eigenvalue weighted by atomic mass is 19.1. The van der Waals surface area contributed by atoms with Gasteiger partial charge in [0.05, 0.1) is 13.2 Å². The molecule has 4 nitrogen and oxygen atoms in total. The van der Waals surface area contributed by atoms with Crippen LogP contribution >= 0.6 is 0 Å². The average Bonchev–Trinajstić information content (AvgIpc) is 2.60. The molecule has 1 aliphatic rings. The summed E-state index contributed by atoms with van der Waals surface area (Å²) in [4.78, 5) is 13.8. The summed E-state index contributed by atoms with van der Waals surface area (Å²) in [6.07, 6.45) is -0.502. The van der Waals surface area contributed by atoms with E-state index in [-0.39, 0.29) is 24.9 Å². The van der Waals surface area contributed by atoms with Gasteiger partial charge in [0, 0.05) is 18.2 Å². The smallest absolute Gasteiger partial charge is 0.260 e. The normalized spacial score (nSPS) is 17.6. The first-order chi connectivity index (χ1) is 11.6. The van der Waals surface area contributed by atoms with E-state index in [4.69, 9.17) is 9.47 Å². The minimum absolute atomic E-state index is 0.201. The van der Waals surface area contributed by atoms with Crippen molar-refractivity contribution in [1.29, 1.82) is 0 Å². The van der Waals surface area contributed by atoms with Gasteiger partial charge in [0.1, 0.15) is 23.5 Å². The fraction of sp³-hybridized carbons (Fsp3) is 0.278. The molecule has 24 heavy (non-hydrogen) atoms. The molecule has 2 aromatic rings. The van der Waals surface area contributed by atoms with E-state index >= 15 is 0 Å². The van der Waals surface area contributed by atoms with E-state index in [1.165, 1.54) is 24.3 Å². The molecule has 2 aromatic carbocycles. The number of benzene rings is 2. The number of hydrogen-bond donors (Lipinski definition) is 0. The zero-order valence-electron chi connectivity index (χ0n) is 13.0. The first-order valence-electron chi connectivity index (χ1n) is 7.65. The molecule has 126 valence electrons. The topological polar surface area (TPSA) is 38.8 Å². The predicted molar refractivity (Wildman–Crippen MR) is 83.6 cm³/mol. The average molecular weight is 333 g/mol. The zero-order chi connectivity index (χ0) is 16.9. The van der Waals surface area contributed by atoms with Gasteiger partial charge in [-0.15, -0.1) is 0 Å². The third-order valence-corrected chi connectivity index (χ3v) is 3.83. The molecule has 0 saturated carbocycles. The third-order valence-electron chi connectivity index (χ3n) is 3.83. The molecule has 3 rings (SSSR count). The molecule has 0 N–H and O–H groups in total. The van der Waals surface area contributed by atoms with Crippen LogP contribution in [0.25, 0.3) is 0 Å². The Kier molecular flexibility index (Phi) is 5.05. The van der Waals surface area contributed by atoms with Gasteiger partial charge < -0.3 is 14.4 Å². The van der Waals surface area contributed by atoms with Crippen molar-refractivity contribution in [2.75, 3.05) is 26.3 Å². The Bertz CT molecular complexity index is 723. The third kappa shape index (κ3) is 3.89. The Balaban J connectivity index is 1.60. The first-order valence-corrected chi connectivity index (χ1v) is 7.65. The first kappa shape index (κ1) is 16.4. The maximum atomic E-state index is 13.9. The fourth-order valence-corrected chi connectivity index (χ4v) is 2.59. The van der Waals surface area contributed by atoms with Gasteiger partial charge in [-0.1, -0.05) is 24.3 Å². The SMILES string of the molecule is O=C(COc1cccc(F)c1)N1CCOC(c2ccccc2F)C1. The van der Waals surface area contributed by atoms with Crippen molar-refractivity contribution < 1.29 is 23.0 Å². The Hall–Kier alpha value is -2.47. The van der Waals surface area contributed by atoms with Crippen molar-refractivity contribution >= 4 is 5.91 Å². The van der Waals surface area contributed by atoms with E-state index in [0.717, 1.165) is 0 Å². The maximum Gasteiger partial charge on any atom is 0.260 e. The number of nitrogens with zero attached hydrogens (tertiary/aromatic N) is 1. The summed E-state index contributed by atoms with van der Waals surface area (Å²) in [6, 6.07) is 12.0. The molecule has 0 aliphatic carbocycles. The van der Waals surface area contributed by atoms with E-state index in [1.54, 1.807) is 29.2 Å². The van der Waals surface area contributed by atoms with Crippen LogP contribution in [0.15, 0.2) is 48.5 Å². The van der Waals surface area contributed by atoms with Gasteiger partial charge >= 0.3 is 0 Å². The monoisotopic (exact) mass is 333 g/mol. The van der Waals surface area contributed by atoms with Crippen LogP contribution in [0.4, 0.5) is 8.78 Å². The molecule has 1 unspecified atom stereocenters. The molecule has 1 amide bonds. The van der Waals surface area contributed by atoms with Crippen LogP contribution in [0, 0.1) is 11.6 Å². The highest BCUT2D eigenvalue weighted by Gasteiger charge is 2.27. The van der Waals surface area contributed by atoms with Crippen molar-refractivity contribution in [3.8, 4) is 5.75 Å². The van der Waals surface area contributed by atoms with Crippen molar-refractivity contribution in [2.45, 2.75) is 6.10 Å². The number of carbonyl (C=O) groups excluding carboxylic acids is 1. The van der Waals surface area contributed by atoms with E-state index in [2.05, 4.69) is 0 Å². The summed E-state index contributed by atoms with van der Waals surface area (Å²) >= 11 is 0. The molecule has 1 atom stereocenters. The van der Waals surface area contributed by atoms with Crippen LogP contribution in [-0.4, -0.2) is 37.1 Å². The van der Waals surface area contributed by atoms with Crippen molar-refractivity contribution in [3.63, 3.8) is 0 Å². The number of hydrogen-bond acceptors (Lipinski definition) is 3. The quantitative estimate of drug-likeness (QED) is 0.863. The Labute approximate surface area is 138 Å². The summed E-state index contributed by atoms with van der Waals surface area (Å²) in [5, 5.41) is 0. The molecular weight excluding hydrogens is 316 g/mol. The van der Waals surface area contributed by atoms with Crippen LogP contribution < -0.4 is 4.74 Å². The van der Waals surface area contributed by atoms with Crippen molar-refractivity contribution in [3.05, 3.63) is 65.7 Å². The van der Waals surface area contributed by atoms with Crippen LogP contribution in [-0.2, 0) is 9.53 Å². The lowest BCUT2D eigenvalue weighted by molar-refractivity contribution is -0.141. The number of ether oxygens (including phenoxy) is 2. The molecule has 1 heterocycles. The van der Waals surface area contributed by atoms with E-state index < -0.39 is 11.9 Å². The van der Waals surface area contributed by atoms with Gasteiger partial charge in [0.25, 0.3) is 5.91 Å². The molecule has 0 radical (unpaired) electrons. The predicted octanol–water partition coefficient (Wildman–Crippen LogP) is 2.94. The van der Waals surface area contributed by atoms with Gasteiger partial charge in [-0.2, -0.15) is 0 Å². The summed E-state index contributed by atoms with van der Waals surface area (Å²) in [5.41, 5.74) is 0.432. The minimum atomic E-state index is -0.502. The van der Waals surface area contributed by atoms with Gasteiger partial charge in [0.2, 0.25) is 0 Å². The number of halogens is 2. The second kappa shape index (κ2) is 7.40. The molecule has 1 aliphatic heterocycles. The number of morpholine rings is 1. The van der Waals surface area contributed by atoms with Gasteiger partial charge in [-0.05, 0) is 18.2 Å². The summed E-state index contributed by atoms with van der Waals surface area (Å²) in [7, 11) is 0. The zero-order valence-corrected chi connectivity index (χ0v) is 13.0. The minimum Gasteiger partial charge on any atom is -0.484 e. The standard InChI is InChI=1S/C18H17F2NO3/c19-13-4-3-5-14(10-13)24-12-18(22)21-8-9-23-17(11-21)15-6-1-2-7-16(15)20/h1-7,10,17H,8-9,11-12H2. The maximum absolute atomic E-state index is 13.9. The summed E-state index contributed by atoms with van der Waals surface area (Å²) < 4.78 is 37.9. The van der Waals surface area contributed by atoms with Crippen LogP contribution in [0.5, 0.6) is 5.75 Å². The molecular formula is C18H17F2NO3. The highest BCUT2D eigenvalue weighted by Crippen LogP contribution is 2.24. The second-order valence-electron chi connectivity index (χ2n) is 5.47. The molecule has 0 aromatic heterocycles. The van der Waals surface area contributed by atoms with Crippen molar-refractivity contribution in [1.82, 2.24) is 4.90 Å². The van der Waals surface area contributed by atoms with Crippen molar-refractivity contribution in [2.24, 2.45) is 0 Å².